The number of carbonyl (C=O) groups is 2. The SMILES string of the molecule is CCC(CC)(C(=O)NC1CCC(CCN2C3CC[C@@H]2c2ccccc23)CC1)C(=O)NC1CCC(CCN2[C@@H]3CC[C@H]2c2ccccc23)CC1. The van der Waals surface area contributed by atoms with E-state index in [1.165, 1.54) is 77.3 Å². The minimum atomic E-state index is -0.970. The first kappa shape index (κ1) is 33.4. The number of amides is 2. The van der Waals surface area contributed by atoms with Crippen molar-refractivity contribution in [3.63, 3.8) is 0 Å². The number of carbonyl (C=O) groups excluding carboxylic acids is 2. The standard InChI is InChI=1S/C43H60N4O2/c1-3-43(4-2,41(48)44-31-17-13-29(14-18-31)25-27-46-37-21-22-38(46)34-10-6-5-9-33(34)37)42(49)45-32-19-15-30(16-20-32)26-28-47-39-23-24-40(47)36-12-8-7-11-35(36)39/h5-12,29-32,37-40H,3-4,13-28H2,1-2H3,(H,44,48)(H,45,49)/t29?,30?,31?,32?,37-,38+,39-,40?/m1/s1. The summed E-state index contributed by atoms with van der Waals surface area (Å²) in [4.78, 5) is 33.3. The van der Waals surface area contributed by atoms with Crippen LogP contribution in [-0.4, -0.2) is 46.8 Å². The molecular weight excluding hydrogens is 604 g/mol. The summed E-state index contributed by atoms with van der Waals surface area (Å²) >= 11 is 0. The van der Waals surface area contributed by atoms with Gasteiger partial charge in [-0.05, 0) is 150 Å². The summed E-state index contributed by atoms with van der Waals surface area (Å²) in [5.74, 6) is 1.39. The third-order valence-electron chi connectivity index (χ3n) is 14.5. The van der Waals surface area contributed by atoms with Crippen LogP contribution < -0.4 is 10.6 Å². The average molecular weight is 665 g/mol. The fraction of sp³-hybridized carbons (Fsp3) is 0.674. The Morgan fingerprint density at radius 1 is 0.551 bits per heavy atom. The molecule has 6 aliphatic rings. The number of benzene rings is 2. The second-order valence-corrected chi connectivity index (χ2v) is 16.7. The molecule has 1 unspecified atom stereocenters. The molecule has 4 atom stereocenters. The normalized spacial score (nSPS) is 32.2. The number of fused-ring (bicyclic) bond motifs is 10. The molecule has 49 heavy (non-hydrogen) atoms. The quantitative estimate of drug-likeness (QED) is 0.223. The van der Waals surface area contributed by atoms with Crippen LogP contribution >= 0.6 is 0 Å². The average Bonchev–Trinajstić information content (AvgIpc) is 3.90. The van der Waals surface area contributed by atoms with E-state index in [2.05, 4.69) is 69.0 Å². The van der Waals surface area contributed by atoms with E-state index >= 15 is 0 Å². The maximum Gasteiger partial charge on any atom is 0.235 e. The van der Waals surface area contributed by atoms with Crippen molar-refractivity contribution in [1.29, 1.82) is 0 Å². The van der Waals surface area contributed by atoms with Gasteiger partial charge in [0.25, 0.3) is 0 Å². The Labute approximate surface area is 295 Å². The molecule has 4 aliphatic heterocycles. The fourth-order valence-electron chi connectivity index (χ4n) is 11.4. The van der Waals surface area contributed by atoms with Crippen LogP contribution in [0.3, 0.4) is 0 Å². The van der Waals surface area contributed by atoms with Gasteiger partial charge in [0, 0.05) is 36.3 Å². The van der Waals surface area contributed by atoms with Crippen LogP contribution in [0, 0.1) is 17.3 Å². The van der Waals surface area contributed by atoms with Crippen LogP contribution in [0.5, 0.6) is 0 Å². The maximum atomic E-state index is 13.9. The number of rotatable bonds is 12. The van der Waals surface area contributed by atoms with Gasteiger partial charge >= 0.3 is 0 Å². The van der Waals surface area contributed by atoms with E-state index in [-0.39, 0.29) is 23.9 Å². The second-order valence-electron chi connectivity index (χ2n) is 16.7. The van der Waals surface area contributed by atoms with Crippen molar-refractivity contribution >= 4 is 11.8 Å². The van der Waals surface area contributed by atoms with Crippen molar-refractivity contribution in [2.45, 2.75) is 153 Å². The molecule has 4 heterocycles. The van der Waals surface area contributed by atoms with Crippen molar-refractivity contribution in [3.8, 4) is 0 Å². The molecule has 0 radical (unpaired) electrons. The molecule has 4 fully saturated rings. The molecule has 4 bridgehead atoms. The Bertz CT molecular complexity index is 1320. The summed E-state index contributed by atoms with van der Waals surface area (Å²) in [5.41, 5.74) is 5.32. The lowest BCUT2D eigenvalue weighted by Crippen LogP contribution is -2.55. The highest BCUT2D eigenvalue weighted by Gasteiger charge is 2.46. The van der Waals surface area contributed by atoms with Crippen LogP contribution in [0.1, 0.15) is 163 Å². The van der Waals surface area contributed by atoms with E-state index in [1.807, 2.05) is 13.8 Å². The van der Waals surface area contributed by atoms with Gasteiger partial charge in [-0.15, -0.1) is 0 Å². The van der Waals surface area contributed by atoms with Gasteiger partial charge < -0.3 is 10.6 Å². The zero-order valence-electron chi connectivity index (χ0n) is 30.2. The number of hydrogen-bond donors (Lipinski definition) is 2. The molecule has 0 spiro atoms. The molecular formula is C43H60N4O2. The molecule has 2 amide bonds. The summed E-state index contributed by atoms with van der Waals surface area (Å²) in [6.07, 6.45) is 17.7. The highest BCUT2D eigenvalue weighted by atomic mass is 16.2. The monoisotopic (exact) mass is 664 g/mol. The smallest absolute Gasteiger partial charge is 0.235 e. The van der Waals surface area contributed by atoms with E-state index in [1.54, 1.807) is 22.3 Å². The topological polar surface area (TPSA) is 64.7 Å². The van der Waals surface area contributed by atoms with Crippen LogP contribution in [0.2, 0.25) is 0 Å². The first-order chi connectivity index (χ1) is 24.0. The zero-order chi connectivity index (χ0) is 33.5. The highest BCUT2D eigenvalue weighted by Crippen LogP contribution is 2.54. The molecule has 2 aliphatic carbocycles. The van der Waals surface area contributed by atoms with Gasteiger partial charge in [-0.1, -0.05) is 62.4 Å². The molecule has 2 aromatic rings. The largest absolute Gasteiger partial charge is 0.352 e. The number of hydrogen-bond acceptors (Lipinski definition) is 4. The Balaban J connectivity index is 0.768. The van der Waals surface area contributed by atoms with Gasteiger partial charge in [0.2, 0.25) is 11.8 Å². The van der Waals surface area contributed by atoms with Crippen molar-refractivity contribution in [3.05, 3.63) is 70.8 Å². The molecule has 6 heteroatoms. The van der Waals surface area contributed by atoms with Crippen LogP contribution in [0.25, 0.3) is 0 Å². The van der Waals surface area contributed by atoms with E-state index in [0.29, 0.717) is 37.0 Å². The maximum absolute atomic E-state index is 13.9. The number of nitrogens with one attached hydrogen (secondary N) is 2. The lowest BCUT2D eigenvalue weighted by Gasteiger charge is -2.36. The third kappa shape index (κ3) is 6.17. The molecule has 2 N–H and O–H groups in total. The first-order valence-corrected chi connectivity index (χ1v) is 20.3. The van der Waals surface area contributed by atoms with E-state index in [0.717, 1.165) is 37.5 Å². The Hall–Kier alpha value is -2.70. The van der Waals surface area contributed by atoms with E-state index in [4.69, 9.17) is 0 Å². The molecule has 2 saturated carbocycles. The van der Waals surface area contributed by atoms with Gasteiger partial charge in [0.15, 0.2) is 0 Å². The van der Waals surface area contributed by atoms with Crippen molar-refractivity contribution in [2.24, 2.45) is 17.3 Å². The van der Waals surface area contributed by atoms with Crippen LogP contribution in [0.15, 0.2) is 48.5 Å². The Morgan fingerprint density at radius 3 is 1.18 bits per heavy atom. The third-order valence-corrected chi connectivity index (χ3v) is 14.5. The van der Waals surface area contributed by atoms with Gasteiger partial charge in [-0.25, -0.2) is 0 Å². The lowest BCUT2D eigenvalue weighted by atomic mass is 9.78. The summed E-state index contributed by atoms with van der Waals surface area (Å²) < 4.78 is 0. The molecule has 2 aromatic carbocycles. The molecule has 2 saturated heterocycles. The molecule has 264 valence electrons. The minimum absolute atomic E-state index is 0.0419. The predicted octanol–water partition coefficient (Wildman–Crippen LogP) is 8.71. The summed E-state index contributed by atoms with van der Waals surface area (Å²) in [5, 5.41) is 6.78. The summed E-state index contributed by atoms with van der Waals surface area (Å²) in [7, 11) is 0. The first-order valence-electron chi connectivity index (χ1n) is 20.3. The van der Waals surface area contributed by atoms with Gasteiger partial charge in [0.05, 0.1) is 0 Å². The second kappa shape index (κ2) is 14.1. The Kier molecular flexibility index (Phi) is 9.65. The van der Waals surface area contributed by atoms with Gasteiger partial charge in [-0.3, -0.25) is 19.4 Å². The fourth-order valence-corrected chi connectivity index (χ4v) is 11.4. The Morgan fingerprint density at radius 2 is 0.878 bits per heavy atom. The summed E-state index contributed by atoms with van der Waals surface area (Å²) in [6.45, 7) is 6.42. The van der Waals surface area contributed by atoms with E-state index in [9.17, 15) is 9.59 Å². The molecule has 0 aromatic heterocycles. The van der Waals surface area contributed by atoms with Crippen LogP contribution in [-0.2, 0) is 9.59 Å². The van der Waals surface area contributed by atoms with Crippen LogP contribution in [0.4, 0.5) is 0 Å². The van der Waals surface area contributed by atoms with Gasteiger partial charge in [0.1, 0.15) is 5.41 Å². The highest BCUT2D eigenvalue weighted by molar-refractivity contribution is 6.05. The van der Waals surface area contributed by atoms with Crippen molar-refractivity contribution in [2.75, 3.05) is 13.1 Å². The lowest BCUT2D eigenvalue weighted by molar-refractivity contribution is -0.145. The van der Waals surface area contributed by atoms with Crippen molar-refractivity contribution in [1.82, 2.24) is 20.4 Å². The zero-order valence-corrected chi connectivity index (χ0v) is 30.2. The van der Waals surface area contributed by atoms with E-state index < -0.39 is 5.41 Å². The van der Waals surface area contributed by atoms with Crippen molar-refractivity contribution < 1.29 is 9.59 Å². The number of nitrogens with zero attached hydrogens (tertiary/aromatic N) is 2. The predicted molar refractivity (Wildman–Crippen MR) is 196 cm³/mol. The minimum Gasteiger partial charge on any atom is -0.352 e. The molecule has 8 rings (SSSR count). The summed E-state index contributed by atoms with van der Waals surface area (Å²) in [6, 6.07) is 21.1. The van der Waals surface area contributed by atoms with Gasteiger partial charge in [-0.2, -0.15) is 0 Å². The molecule has 6 nitrogen and oxygen atoms in total.